The lowest BCUT2D eigenvalue weighted by molar-refractivity contribution is -0.130. The lowest BCUT2D eigenvalue weighted by Gasteiger charge is -2.21. The number of rotatable bonds is 8. The van der Waals surface area contributed by atoms with Crippen LogP contribution in [0, 0.1) is 25.2 Å². The summed E-state index contributed by atoms with van der Waals surface area (Å²) >= 11 is 0. The van der Waals surface area contributed by atoms with Crippen LogP contribution in [0.25, 0.3) is 0 Å². The molecule has 0 unspecified atom stereocenters. The summed E-state index contributed by atoms with van der Waals surface area (Å²) in [5, 5.41) is 13.1. The molecule has 5 nitrogen and oxygen atoms in total. The van der Waals surface area contributed by atoms with Crippen molar-refractivity contribution >= 4 is 5.91 Å². The van der Waals surface area contributed by atoms with Crippen LogP contribution in [0.2, 0.25) is 0 Å². The molecule has 0 radical (unpaired) electrons. The van der Waals surface area contributed by atoms with Gasteiger partial charge in [-0.1, -0.05) is 12.2 Å². The van der Waals surface area contributed by atoms with Gasteiger partial charge >= 0.3 is 0 Å². The Balaban J connectivity index is 2.71. The molecule has 0 fully saturated rings. The average Bonchev–Trinajstić information content (AvgIpc) is 2.74. The maximum Gasteiger partial charge on any atom is 0.223 e. The molecule has 0 aliphatic rings. The van der Waals surface area contributed by atoms with Crippen LogP contribution in [0.1, 0.15) is 43.6 Å². The second kappa shape index (κ2) is 8.38. The number of aryl methyl sites for hydroxylation is 2. The minimum atomic E-state index is 0.147. The second-order valence-corrected chi connectivity index (χ2v) is 5.65. The van der Waals surface area contributed by atoms with Crippen LogP contribution in [0.3, 0.4) is 0 Å². The van der Waals surface area contributed by atoms with Crippen molar-refractivity contribution < 1.29 is 4.79 Å². The lowest BCUT2D eigenvalue weighted by Crippen LogP contribution is -2.32. The first kappa shape index (κ1) is 18.0. The van der Waals surface area contributed by atoms with Crippen molar-refractivity contribution in [3.05, 3.63) is 29.1 Å². The summed E-state index contributed by atoms with van der Waals surface area (Å²) in [5.41, 5.74) is 4.12. The highest BCUT2D eigenvalue weighted by molar-refractivity contribution is 5.76. The van der Waals surface area contributed by atoms with E-state index in [9.17, 15) is 4.79 Å². The van der Waals surface area contributed by atoms with Crippen LogP contribution < -0.4 is 0 Å². The molecule has 0 saturated carbocycles. The summed E-state index contributed by atoms with van der Waals surface area (Å²) in [6.07, 6.45) is 1.62. The van der Waals surface area contributed by atoms with E-state index in [2.05, 4.69) is 17.7 Å². The van der Waals surface area contributed by atoms with Gasteiger partial charge in [0.1, 0.15) is 0 Å². The van der Waals surface area contributed by atoms with E-state index in [0.717, 1.165) is 22.5 Å². The average molecular weight is 302 g/mol. The highest BCUT2D eigenvalue weighted by Gasteiger charge is 2.16. The Labute approximate surface area is 133 Å². The molecule has 0 saturated heterocycles. The van der Waals surface area contributed by atoms with Gasteiger partial charge < -0.3 is 4.90 Å². The number of amides is 1. The number of nitrogens with zero attached hydrogens (tertiary/aromatic N) is 4. The van der Waals surface area contributed by atoms with E-state index in [0.29, 0.717) is 38.9 Å². The molecule has 1 rings (SSSR count). The van der Waals surface area contributed by atoms with E-state index in [1.165, 1.54) is 0 Å². The molecule has 0 spiro atoms. The first-order chi connectivity index (χ1) is 10.4. The van der Waals surface area contributed by atoms with Gasteiger partial charge in [0, 0.05) is 25.2 Å². The van der Waals surface area contributed by atoms with Crippen LogP contribution in [0.5, 0.6) is 0 Å². The third-order valence-electron chi connectivity index (χ3n) is 3.75. The molecule has 1 aromatic heterocycles. The molecular formula is C17H26N4O. The van der Waals surface area contributed by atoms with Gasteiger partial charge in [0.25, 0.3) is 0 Å². The SMILES string of the molecule is C=C(C)CN(CC)C(=O)CCc1c(C)nn(CCC#N)c1C. The zero-order valence-corrected chi connectivity index (χ0v) is 14.1. The highest BCUT2D eigenvalue weighted by Crippen LogP contribution is 2.16. The van der Waals surface area contributed by atoms with E-state index < -0.39 is 0 Å². The van der Waals surface area contributed by atoms with Crippen LogP contribution in [-0.4, -0.2) is 33.7 Å². The van der Waals surface area contributed by atoms with E-state index in [4.69, 9.17) is 5.26 Å². The maximum atomic E-state index is 12.3. The maximum absolute atomic E-state index is 12.3. The molecule has 0 bridgehead atoms. The number of carbonyl (C=O) groups is 1. The fourth-order valence-corrected chi connectivity index (χ4v) is 2.56. The zero-order valence-electron chi connectivity index (χ0n) is 14.1. The molecule has 0 N–H and O–H groups in total. The number of nitriles is 1. The van der Waals surface area contributed by atoms with Gasteiger partial charge in [0.05, 0.1) is 24.7 Å². The van der Waals surface area contributed by atoms with E-state index in [1.54, 1.807) is 0 Å². The van der Waals surface area contributed by atoms with E-state index >= 15 is 0 Å². The van der Waals surface area contributed by atoms with Gasteiger partial charge in [-0.15, -0.1) is 0 Å². The molecule has 0 aromatic carbocycles. The monoisotopic (exact) mass is 302 g/mol. The van der Waals surface area contributed by atoms with Crippen molar-refractivity contribution in [1.82, 2.24) is 14.7 Å². The van der Waals surface area contributed by atoms with Crippen molar-refractivity contribution in [1.29, 1.82) is 5.26 Å². The van der Waals surface area contributed by atoms with Crippen molar-refractivity contribution in [2.24, 2.45) is 0 Å². The predicted molar refractivity (Wildman–Crippen MR) is 87.3 cm³/mol. The summed E-state index contributed by atoms with van der Waals surface area (Å²) in [7, 11) is 0. The topological polar surface area (TPSA) is 61.9 Å². The van der Waals surface area contributed by atoms with Gasteiger partial charge in [-0.3, -0.25) is 9.48 Å². The van der Waals surface area contributed by atoms with Crippen molar-refractivity contribution in [3.8, 4) is 6.07 Å². The van der Waals surface area contributed by atoms with Gasteiger partial charge in [0.2, 0.25) is 5.91 Å². The zero-order chi connectivity index (χ0) is 16.7. The normalized spacial score (nSPS) is 10.3. The standard InChI is InChI=1S/C17H26N4O/c1-6-20(12-13(2)3)17(22)9-8-16-14(4)19-21(15(16)5)11-7-10-18/h2,6-9,11-12H2,1,3-5H3. The third-order valence-corrected chi connectivity index (χ3v) is 3.75. The van der Waals surface area contributed by atoms with Gasteiger partial charge in [-0.2, -0.15) is 10.4 Å². The fourth-order valence-electron chi connectivity index (χ4n) is 2.56. The summed E-state index contributed by atoms with van der Waals surface area (Å²) in [6, 6.07) is 2.13. The number of hydrogen-bond acceptors (Lipinski definition) is 3. The van der Waals surface area contributed by atoms with Crippen LogP contribution in [0.4, 0.5) is 0 Å². The first-order valence-electron chi connectivity index (χ1n) is 7.72. The van der Waals surface area contributed by atoms with E-state index in [-0.39, 0.29) is 5.91 Å². The number of hydrogen-bond donors (Lipinski definition) is 0. The smallest absolute Gasteiger partial charge is 0.223 e. The molecule has 1 heterocycles. The number of carbonyl (C=O) groups excluding carboxylic acids is 1. The minimum absolute atomic E-state index is 0.147. The molecule has 0 aliphatic carbocycles. The van der Waals surface area contributed by atoms with Crippen molar-refractivity contribution in [3.63, 3.8) is 0 Å². The molecule has 0 atom stereocenters. The molecule has 5 heteroatoms. The predicted octanol–water partition coefficient (Wildman–Crippen LogP) is 2.77. The molecule has 0 aliphatic heterocycles. The summed E-state index contributed by atoms with van der Waals surface area (Å²) < 4.78 is 1.86. The molecular weight excluding hydrogens is 276 g/mol. The Hall–Kier alpha value is -2.09. The van der Waals surface area contributed by atoms with E-state index in [1.807, 2.05) is 37.3 Å². The van der Waals surface area contributed by atoms with Crippen LogP contribution >= 0.6 is 0 Å². The fraction of sp³-hybridized carbons (Fsp3) is 0.588. The summed E-state index contributed by atoms with van der Waals surface area (Å²) in [6.45, 7) is 13.7. The number of aromatic nitrogens is 2. The Bertz CT molecular complexity index is 580. The summed E-state index contributed by atoms with van der Waals surface area (Å²) in [5.74, 6) is 0.147. The van der Waals surface area contributed by atoms with Crippen molar-refractivity contribution in [2.75, 3.05) is 13.1 Å². The van der Waals surface area contributed by atoms with Gasteiger partial charge in [-0.25, -0.2) is 0 Å². The Kier molecular flexibility index (Phi) is 6.84. The van der Waals surface area contributed by atoms with Gasteiger partial charge in [0.15, 0.2) is 0 Å². The third kappa shape index (κ3) is 4.73. The minimum Gasteiger partial charge on any atom is -0.339 e. The van der Waals surface area contributed by atoms with Gasteiger partial charge in [-0.05, 0) is 39.7 Å². The molecule has 120 valence electrons. The second-order valence-electron chi connectivity index (χ2n) is 5.65. The molecule has 22 heavy (non-hydrogen) atoms. The lowest BCUT2D eigenvalue weighted by atomic mass is 10.1. The van der Waals surface area contributed by atoms with Crippen LogP contribution in [-0.2, 0) is 17.8 Å². The quantitative estimate of drug-likeness (QED) is 0.694. The summed E-state index contributed by atoms with van der Waals surface area (Å²) in [4.78, 5) is 14.1. The Morgan fingerprint density at radius 2 is 2.14 bits per heavy atom. The largest absolute Gasteiger partial charge is 0.339 e. The number of likely N-dealkylation sites (N-methyl/N-ethyl adjacent to an activating group) is 1. The highest BCUT2D eigenvalue weighted by atomic mass is 16.2. The first-order valence-corrected chi connectivity index (χ1v) is 7.72. The van der Waals surface area contributed by atoms with Crippen LogP contribution in [0.15, 0.2) is 12.2 Å². The Morgan fingerprint density at radius 3 is 2.68 bits per heavy atom. The molecule has 1 aromatic rings. The Morgan fingerprint density at radius 1 is 1.45 bits per heavy atom. The van der Waals surface area contributed by atoms with Crippen molar-refractivity contribution in [2.45, 2.75) is 53.5 Å². The molecule has 1 amide bonds.